The van der Waals surface area contributed by atoms with E-state index in [-0.39, 0.29) is 11.0 Å². The zero-order valence-electron chi connectivity index (χ0n) is 23.8. The molecule has 5 aromatic rings. The van der Waals surface area contributed by atoms with Crippen molar-refractivity contribution < 1.29 is 9.21 Å². The standard InChI is InChI=1S/C32H31ClN6O2S/c1-5-38(6-2)24-11-14-29(21(4)17-24)39-36-27-18-20(3)26(19-28(27)37-39)34-32(42)35-31(40)16-13-25-12-15-30(41-25)22-7-9-23(33)10-8-22/h7-19H,5-6H2,1-4H3,(H2,34,35,40,42). The summed E-state index contributed by atoms with van der Waals surface area (Å²) in [5, 5.41) is 16.0. The number of carbonyl (C=O) groups is 1. The number of furan rings is 1. The van der Waals surface area contributed by atoms with Gasteiger partial charge < -0.3 is 14.6 Å². The Morgan fingerprint density at radius 1 is 0.976 bits per heavy atom. The van der Waals surface area contributed by atoms with Gasteiger partial charge >= 0.3 is 0 Å². The highest BCUT2D eigenvalue weighted by atomic mass is 35.5. The third-order valence-electron chi connectivity index (χ3n) is 6.89. The van der Waals surface area contributed by atoms with Gasteiger partial charge in [0.15, 0.2) is 5.11 Å². The van der Waals surface area contributed by atoms with Crippen LogP contribution in [0.15, 0.2) is 77.2 Å². The lowest BCUT2D eigenvalue weighted by atomic mass is 10.1. The number of hydrogen-bond donors (Lipinski definition) is 2. The van der Waals surface area contributed by atoms with Gasteiger partial charge in [-0.25, -0.2) is 0 Å². The van der Waals surface area contributed by atoms with Crippen LogP contribution in [-0.2, 0) is 4.79 Å². The minimum Gasteiger partial charge on any atom is -0.457 e. The summed E-state index contributed by atoms with van der Waals surface area (Å²) in [4.78, 5) is 16.5. The lowest BCUT2D eigenvalue weighted by Gasteiger charge is -2.22. The number of rotatable bonds is 8. The minimum absolute atomic E-state index is 0.170. The summed E-state index contributed by atoms with van der Waals surface area (Å²) in [5.41, 5.74) is 7.19. The number of aryl methyl sites for hydroxylation is 2. The zero-order valence-corrected chi connectivity index (χ0v) is 25.4. The minimum atomic E-state index is -0.384. The van der Waals surface area contributed by atoms with Gasteiger partial charge in [-0.05, 0) is 124 Å². The first kappa shape index (κ1) is 29.0. The Morgan fingerprint density at radius 2 is 1.69 bits per heavy atom. The van der Waals surface area contributed by atoms with E-state index in [0.717, 1.165) is 46.7 Å². The number of benzene rings is 3. The van der Waals surface area contributed by atoms with Crippen LogP contribution < -0.4 is 15.5 Å². The van der Waals surface area contributed by atoms with E-state index in [4.69, 9.17) is 38.4 Å². The summed E-state index contributed by atoms with van der Waals surface area (Å²) >= 11 is 11.4. The van der Waals surface area contributed by atoms with Gasteiger partial charge in [0.25, 0.3) is 0 Å². The van der Waals surface area contributed by atoms with Crippen molar-refractivity contribution >= 4 is 63.3 Å². The number of fused-ring (bicyclic) bond motifs is 1. The number of nitrogens with one attached hydrogen (secondary N) is 2. The molecule has 8 nitrogen and oxygen atoms in total. The quantitative estimate of drug-likeness (QED) is 0.143. The molecule has 2 heterocycles. The topological polar surface area (TPSA) is 88.2 Å². The van der Waals surface area contributed by atoms with Crippen molar-refractivity contribution in [2.75, 3.05) is 23.3 Å². The SMILES string of the molecule is CCN(CC)c1ccc(-n2nc3cc(C)c(NC(=S)NC(=O)C=Cc4ccc(-c5ccc(Cl)cc5)o4)cc3n2)c(C)c1. The van der Waals surface area contributed by atoms with Crippen molar-refractivity contribution in [3.8, 4) is 17.0 Å². The molecule has 2 N–H and O–H groups in total. The Kier molecular flexibility index (Phi) is 8.70. The first-order valence-corrected chi connectivity index (χ1v) is 14.4. The molecule has 3 aromatic carbocycles. The largest absolute Gasteiger partial charge is 0.457 e. The summed E-state index contributed by atoms with van der Waals surface area (Å²) < 4.78 is 5.81. The van der Waals surface area contributed by atoms with Crippen LogP contribution in [0.25, 0.3) is 34.1 Å². The molecule has 2 aromatic heterocycles. The number of amides is 1. The van der Waals surface area contributed by atoms with Gasteiger partial charge in [-0.2, -0.15) is 4.80 Å². The third-order valence-corrected chi connectivity index (χ3v) is 7.35. The van der Waals surface area contributed by atoms with Crippen LogP contribution in [0.4, 0.5) is 11.4 Å². The second-order valence-corrected chi connectivity index (χ2v) is 10.6. The van der Waals surface area contributed by atoms with Gasteiger partial charge in [0.05, 0.1) is 5.69 Å². The summed E-state index contributed by atoms with van der Waals surface area (Å²) in [5.74, 6) is 0.833. The highest BCUT2D eigenvalue weighted by Gasteiger charge is 2.13. The highest BCUT2D eigenvalue weighted by Crippen LogP contribution is 2.26. The molecule has 0 saturated carbocycles. The molecule has 0 aliphatic carbocycles. The van der Waals surface area contributed by atoms with E-state index < -0.39 is 0 Å². The first-order valence-electron chi connectivity index (χ1n) is 13.6. The molecule has 0 aliphatic rings. The van der Waals surface area contributed by atoms with E-state index in [0.29, 0.717) is 22.1 Å². The molecule has 0 radical (unpaired) electrons. The van der Waals surface area contributed by atoms with Crippen LogP contribution >= 0.6 is 23.8 Å². The highest BCUT2D eigenvalue weighted by molar-refractivity contribution is 7.80. The number of anilines is 2. The van der Waals surface area contributed by atoms with Crippen molar-refractivity contribution in [3.05, 3.63) is 94.7 Å². The number of thiocarbonyl (C=S) groups is 1. The molecule has 0 fully saturated rings. The van der Waals surface area contributed by atoms with E-state index in [1.54, 1.807) is 29.1 Å². The molecule has 0 bridgehead atoms. The van der Waals surface area contributed by atoms with Crippen molar-refractivity contribution in [2.24, 2.45) is 0 Å². The Labute approximate surface area is 255 Å². The van der Waals surface area contributed by atoms with Gasteiger partial charge in [-0.3, -0.25) is 10.1 Å². The lowest BCUT2D eigenvalue weighted by molar-refractivity contribution is -0.115. The van der Waals surface area contributed by atoms with Gasteiger partial charge in [0, 0.05) is 41.1 Å². The molecule has 0 atom stereocenters. The summed E-state index contributed by atoms with van der Waals surface area (Å²) in [6.45, 7) is 10.2. The van der Waals surface area contributed by atoms with E-state index in [1.807, 2.05) is 43.3 Å². The van der Waals surface area contributed by atoms with E-state index in [9.17, 15) is 4.79 Å². The number of aromatic nitrogens is 3. The Morgan fingerprint density at radius 3 is 2.38 bits per heavy atom. The Hall–Kier alpha value is -4.47. The van der Waals surface area contributed by atoms with Crippen LogP contribution in [0.3, 0.4) is 0 Å². The summed E-state index contributed by atoms with van der Waals surface area (Å²) in [6.07, 6.45) is 2.96. The predicted octanol–water partition coefficient (Wildman–Crippen LogP) is 7.32. The normalized spacial score (nSPS) is 11.3. The first-order chi connectivity index (χ1) is 20.2. The molecular formula is C32H31ClN6O2S. The molecule has 42 heavy (non-hydrogen) atoms. The average molecular weight is 599 g/mol. The second kappa shape index (κ2) is 12.6. The molecule has 214 valence electrons. The van der Waals surface area contributed by atoms with Gasteiger partial charge in [-0.15, -0.1) is 10.2 Å². The maximum atomic E-state index is 12.5. The molecule has 10 heteroatoms. The van der Waals surface area contributed by atoms with Crippen molar-refractivity contribution in [3.63, 3.8) is 0 Å². The molecular weight excluding hydrogens is 568 g/mol. The Balaban J connectivity index is 1.24. The fourth-order valence-corrected chi connectivity index (χ4v) is 4.97. The zero-order chi connectivity index (χ0) is 29.8. The fourth-order valence-electron chi connectivity index (χ4n) is 4.64. The molecule has 0 spiro atoms. The van der Waals surface area contributed by atoms with E-state index in [1.165, 1.54) is 11.8 Å². The Bertz CT molecular complexity index is 1790. The smallest absolute Gasteiger partial charge is 0.250 e. The third kappa shape index (κ3) is 6.53. The number of hydrogen-bond acceptors (Lipinski definition) is 6. The number of halogens is 1. The van der Waals surface area contributed by atoms with E-state index >= 15 is 0 Å². The van der Waals surface area contributed by atoms with Crippen LogP contribution in [-0.4, -0.2) is 39.1 Å². The van der Waals surface area contributed by atoms with Gasteiger partial charge in [0.2, 0.25) is 5.91 Å². The molecule has 5 rings (SSSR count). The molecule has 0 saturated heterocycles. The van der Waals surface area contributed by atoms with Crippen LogP contribution in [0.1, 0.15) is 30.7 Å². The number of nitrogens with zero attached hydrogens (tertiary/aromatic N) is 4. The van der Waals surface area contributed by atoms with Crippen molar-refractivity contribution in [2.45, 2.75) is 27.7 Å². The maximum Gasteiger partial charge on any atom is 0.250 e. The summed E-state index contributed by atoms with van der Waals surface area (Å²) in [7, 11) is 0. The monoisotopic (exact) mass is 598 g/mol. The predicted molar refractivity (Wildman–Crippen MR) is 174 cm³/mol. The average Bonchev–Trinajstić information content (AvgIpc) is 3.60. The lowest BCUT2D eigenvalue weighted by Crippen LogP contribution is -2.33. The van der Waals surface area contributed by atoms with Gasteiger partial charge in [0.1, 0.15) is 22.6 Å². The van der Waals surface area contributed by atoms with Crippen LogP contribution in [0, 0.1) is 13.8 Å². The fraction of sp³-hybridized carbons (Fsp3) is 0.188. The molecule has 0 unspecified atom stereocenters. The van der Waals surface area contributed by atoms with Gasteiger partial charge in [-0.1, -0.05) is 11.6 Å². The second-order valence-electron chi connectivity index (χ2n) is 9.77. The molecule has 1 amide bonds. The molecule has 0 aliphatic heterocycles. The van der Waals surface area contributed by atoms with E-state index in [2.05, 4.69) is 48.4 Å². The summed E-state index contributed by atoms with van der Waals surface area (Å²) in [6, 6.07) is 21.1. The van der Waals surface area contributed by atoms with Crippen molar-refractivity contribution in [1.82, 2.24) is 20.3 Å². The van der Waals surface area contributed by atoms with Crippen LogP contribution in [0.5, 0.6) is 0 Å². The number of carbonyl (C=O) groups excluding carboxylic acids is 1. The maximum absolute atomic E-state index is 12.5. The van der Waals surface area contributed by atoms with Crippen molar-refractivity contribution in [1.29, 1.82) is 0 Å². The van der Waals surface area contributed by atoms with Crippen LogP contribution in [0.2, 0.25) is 5.02 Å².